The van der Waals surface area contributed by atoms with Crippen LogP contribution in [0.3, 0.4) is 0 Å². The van der Waals surface area contributed by atoms with E-state index in [4.69, 9.17) is 10.5 Å². The summed E-state index contributed by atoms with van der Waals surface area (Å²) in [6.07, 6.45) is 0.919. The highest BCUT2D eigenvalue weighted by atomic mass is 35.5. The van der Waals surface area contributed by atoms with Crippen LogP contribution in [0, 0.1) is 0 Å². The van der Waals surface area contributed by atoms with Crippen LogP contribution in [-0.4, -0.2) is 56.7 Å². The second-order valence-corrected chi connectivity index (χ2v) is 4.63. The molecule has 7 heteroatoms. The SMILES string of the molecule is COCCN(C)CCCNC(=O)C(C)(C)N.Cl.Cl. The van der Waals surface area contributed by atoms with Gasteiger partial charge in [-0.15, -0.1) is 24.8 Å². The zero-order valence-electron chi connectivity index (χ0n) is 11.7. The molecule has 0 unspecified atom stereocenters. The molecule has 0 radical (unpaired) electrons. The molecule has 0 aromatic heterocycles. The van der Waals surface area contributed by atoms with E-state index >= 15 is 0 Å². The van der Waals surface area contributed by atoms with E-state index in [1.165, 1.54) is 0 Å². The molecule has 0 heterocycles. The molecule has 0 spiro atoms. The number of likely N-dealkylation sites (N-methyl/N-ethyl adjacent to an activating group) is 1. The molecule has 0 aliphatic carbocycles. The van der Waals surface area contributed by atoms with Crippen molar-refractivity contribution in [3.8, 4) is 0 Å². The Hall–Kier alpha value is -0.0700. The maximum absolute atomic E-state index is 11.4. The van der Waals surface area contributed by atoms with Gasteiger partial charge in [-0.1, -0.05) is 0 Å². The molecule has 0 aromatic carbocycles. The summed E-state index contributed by atoms with van der Waals surface area (Å²) in [4.78, 5) is 13.6. The lowest BCUT2D eigenvalue weighted by molar-refractivity contribution is -0.125. The number of nitrogens with one attached hydrogen (secondary N) is 1. The van der Waals surface area contributed by atoms with Crippen molar-refractivity contribution in [1.82, 2.24) is 10.2 Å². The van der Waals surface area contributed by atoms with Gasteiger partial charge in [0.15, 0.2) is 0 Å². The molecule has 0 aromatic rings. The van der Waals surface area contributed by atoms with Crippen molar-refractivity contribution < 1.29 is 9.53 Å². The fourth-order valence-corrected chi connectivity index (χ4v) is 1.14. The molecule has 3 N–H and O–H groups in total. The zero-order valence-corrected chi connectivity index (χ0v) is 13.3. The van der Waals surface area contributed by atoms with Crippen LogP contribution in [0.25, 0.3) is 0 Å². The lowest BCUT2D eigenvalue weighted by atomic mass is 10.1. The molecule has 0 bridgehead atoms. The Labute approximate surface area is 123 Å². The summed E-state index contributed by atoms with van der Waals surface area (Å²) in [5.41, 5.74) is 4.86. The second kappa shape index (κ2) is 12.0. The first-order valence-electron chi connectivity index (χ1n) is 5.62. The third-order valence-electron chi connectivity index (χ3n) is 2.26. The van der Waals surface area contributed by atoms with Gasteiger partial charge in [0, 0.05) is 20.2 Å². The predicted octanol–water partition coefficient (Wildman–Crippen LogP) is 0.652. The molecule has 112 valence electrons. The highest BCUT2D eigenvalue weighted by Gasteiger charge is 2.20. The molecular weight excluding hydrogens is 277 g/mol. The smallest absolute Gasteiger partial charge is 0.239 e. The molecule has 5 nitrogen and oxygen atoms in total. The number of halogens is 2. The number of rotatable bonds is 8. The number of amides is 1. The molecule has 0 aliphatic rings. The fourth-order valence-electron chi connectivity index (χ4n) is 1.14. The third-order valence-corrected chi connectivity index (χ3v) is 2.26. The number of nitrogens with zero attached hydrogens (tertiary/aromatic N) is 1. The maximum atomic E-state index is 11.4. The molecule has 18 heavy (non-hydrogen) atoms. The van der Waals surface area contributed by atoms with Crippen molar-refractivity contribution in [3.05, 3.63) is 0 Å². The molecule has 0 rings (SSSR count). The summed E-state index contributed by atoms with van der Waals surface area (Å²) in [5, 5.41) is 2.81. The van der Waals surface area contributed by atoms with E-state index in [2.05, 4.69) is 10.2 Å². The van der Waals surface area contributed by atoms with Crippen molar-refractivity contribution in [3.63, 3.8) is 0 Å². The summed E-state index contributed by atoms with van der Waals surface area (Å²) < 4.78 is 4.97. The van der Waals surface area contributed by atoms with Gasteiger partial charge in [0.25, 0.3) is 0 Å². The van der Waals surface area contributed by atoms with Crippen LogP contribution in [-0.2, 0) is 9.53 Å². The van der Waals surface area contributed by atoms with Gasteiger partial charge >= 0.3 is 0 Å². The minimum atomic E-state index is -0.790. The molecule has 0 fully saturated rings. The lowest BCUT2D eigenvalue weighted by Crippen LogP contribution is -2.49. The van der Waals surface area contributed by atoms with Crippen molar-refractivity contribution in [1.29, 1.82) is 0 Å². The minimum absolute atomic E-state index is 0. The number of carbonyl (C=O) groups excluding carboxylic acids is 1. The predicted molar refractivity (Wildman–Crippen MR) is 79.8 cm³/mol. The van der Waals surface area contributed by atoms with Crippen LogP contribution in [0.5, 0.6) is 0 Å². The van der Waals surface area contributed by atoms with E-state index in [9.17, 15) is 4.79 Å². The third kappa shape index (κ3) is 12.4. The van der Waals surface area contributed by atoms with Crippen molar-refractivity contribution in [2.45, 2.75) is 25.8 Å². The van der Waals surface area contributed by atoms with Crippen LogP contribution in [0.2, 0.25) is 0 Å². The Bertz CT molecular complexity index is 211. The van der Waals surface area contributed by atoms with Gasteiger partial charge in [-0.3, -0.25) is 4.79 Å². The first-order chi connectivity index (χ1) is 7.38. The molecule has 0 saturated heterocycles. The van der Waals surface area contributed by atoms with Crippen LogP contribution < -0.4 is 11.1 Å². The molecule has 0 aliphatic heterocycles. The Morgan fingerprint density at radius 2 is 1.89 bits per heavy atom. The highest BCUT2D eigenvalue weighted by molar-refractivity contribution is 5.85. The molecule has 0 atom stereocenters. The quantitative estimate of drug-likeness (QED) is 0.646. The normalized spacial score (nSPS) is 10.6. The highest BCUT2D eigenvalue weighted by Crippen LogP contribution is 1.95. The van der Waals surface area contributed by atoms with Crippen molar-refractivity contribution in [2.75, 3.05) is 40.4 Å². The zero-order chi connectivity index (χ0) is 12.6. The standard InChI is InChI=1S/C11H25N3O2.2ClH/c1-11(2,12)10(15)13-6-5-7-14(3)8-9-16-4;;/h5-9,12H2,1-4H3,(H,13,15);2*1H. The van der Waals surface area contributed by atoms with Crippen LogP contribution in [0.15, 0.2) is 0 Å². The number of methoxy groups -OCH3 is 1. The van der Waals surface area contributed by atoms with Gasteiger partial charge in [0.05, 0.1) is 12.1 Å². The van der Waals surface area contributed by atoms with E-state index < -0.39 is 5.54 Å². The largest absolute Gasteiger partial charge is 0.383 e. The summed E-state index contributed by atoms with van der Waals surface area (Å²) in [6, 6.07) is 0. The fraction of sp³-hybridized carbons (Fsp3) is 0.909. The first-order valence-corrected chi connectivity index (χ1v) is 5.62. The number of nitrogens with two attached hydrogens (primary N) is 1. The van der Waals surface area contributed by atoms with Gasteiger partial charge < -0.3 is 20.7 Å². The van der Waals surface area contributed by atoms with E-state index in [0.29, 0.717) is 6.54 Å². The molecule has 0 saturated carbocycles. The average molecular weight is 304 g/mol. The van der Waals surface area contributed by atoms with Gasteiger partial charge in [-0.2, -0.15) is 0 Å². The Morgan fingerprint density at radius 1 is 1.33 bits per heavy atom. The van der Waals surface area contributed by atoms with E-state index in [-0.39, 0.29) is 30.7 Å². The monoisotopic (exact) mass is 303 g/mol. The first kappa shape index (κ1) is 23.1. The van der Waals surface area contributed by atoms with Crippen LogP contribution in [0.1, 0.15) is 20.3 Å². The Balaban J connectivity index is -0.00000112. The van der Waals surface area contributed by atoms with Crippen LogP contribution >= 0.6 is 24.8 Å². The van der Waals surface area contributed by atoms with Gasteiger partial charge in [0.2, 0.25) is 5.91 Å². The van der Waals surface area contributed by atoms with E-state index in [0.717, 1.165) is 26.1 Å². The van der Waals surface area contributed by atoms with E-state index in [1.807, 2.05) is 7.05 Å². The van der Waals surface area contributed by atoms with Gasteiger partial charge in [-0.05, 0) is 33.9 Å². The second-order valence-electron chi connectivity index (χ2n) is 4.63. The lowest BCUT2D eigenvalue weighted by Gasteiger charge is -2.19. The maximum Gasteiger partial charge on any atom is 0.239 e. The minimum Gasteiger partial charge on any atom is -0.383 e. The Kier molecular flexibility index (Phi) is 15.4. The number of carbonyl (C=O) groups is 1. The number of ether oxygens (including phenoxy) is 1. The van der Waals surface area contributed by atoms with Gasteiger partial charge in [-0.25, -0.2) is 0 Å². The molecular formula is C11H27Cl2N3O2. The van der Waals surface area contributed by atoms with Gasteiger partial charge in [0.1, 0.15) is 0 Å². The number of hydrogen-bond donors (Lipinski definition) is 2. The Morgan fingerprint density at radius 3 is 2.33 bits per heavy atom. The summed E-state index contributed by atoms with van der Waals surface area (Å²) in [6.45, 7) is 6.65. The number of hydrogen-bond acceptors (Lipinski definition) is 4. The summed E-state index contributed by atoms with van der Waals surface area (Å²) in [7, 11) is 3.73. The average Bonchev–Trinajstić information content (AvgIpc) is 2.19. The molecule has 1 amide bonds. The summed E-state index contributed by atoms with van der Waals surface area (Å²) in [5.74, 6) is -0.105. The van der Waals surface area contributed by atoms with Crippen molar-refractivity contribution in [2.24, 2.45) is 5.73 Å². The van der Waals surface area contributed by atoms with Crippen LogP contribution in [0.4, 0.5) is 0 Å². The van der Waals surface area contributed by atoms with E-state index in [1.54, 1.807) is 21.0 Å². The van der Waals surface area contributed by atoms with Crippen molar-refractivity contribution >= 4 is 30.7 Å². The topological polar surface area (TPSA) is 67.6 Å². The summed E-state index contributed by atoms with van der Waals surface area (Å²) >= 11 is 0.